The number of amides is 2. The van der Waals surface area contributed by atoms with Gasteiger partial charge in [0.15, 0.2) is 0 Å². The number of benzene rings is 1. The van der Waals surface area contributed by atoms with Crippen LogP contribution in [0.3, 0.4) is 0 Å². The van der Waals surface area contributed by atoms with Crippen molar-refractivity contribution >= 4 is 39.3 Å². The molecular weight excluding hydrogens is 386 g/mol. The molecule has 0 atom stereocenters. The molecule has 0 saturated carbocycles. The molecule has 1 aliphatic heterocycles. The van der Waals surface area contributed by atoms with Gasteiger partial charge in [0.2, 0.25) is 21.8 Å². The molecule has 27 heavy (non-hydrogen) atoms. The molecular formula is C18H27N3O4S2. The number of carbonyl (C=O) groups is 2. The van der Waals surface area contributed by atoms with Gasteiger partial charge in [-0.25, -0.2) is 8.42 Å². The van der Waals surface area contributed by atoms with E-state index in [1.165, 1.54) is 27.0 Å². The topological polar surface area (TPSA) is 86.8 Å². The van der Waals surface area contributed by atoms with Gasteiger partial charge in [0.1, 0.15) is 6.54 Å². The molecule has 0 radical (unpaired) electrons. The van der Waals surface area contributed by atoms with Crippen LogP contribution < -0.4 is 10.2 Å². The van der Waals surface area contributed by atoms with E-state index in [-0.39, 0.29) is 29.0 Å². The maximum Gasteiger partial charge on any atom is 0.243 e. The molecule has 1 heterocycles. The lowest BCUT2D eigenvalue weighted by atomic mass is 10.1. The van der Waals surface area contributed by atoms with E-state index in [1.807, 2.05) is 20.8 Å². The predicted octanol–water partition coefficient (Wildman–Crippen LogP) is 2.07. The Morgan fingerprint density at radius 2 is 1.89 bits per heavy atom. The lowest BCUT2D eigenvalue weighted by Gasteiger charge is -2.30. The Kier molecular flexibility index (Phi) is 6.59. The number of anilines is 1. The Bertz CT molecular complexity index is 827. The standard InChI is InChI=1S/C18H27N3O4S2/c1-6-20(7-2)27(24,25)13-8-9-15-14(10-13)21(17(23)12-26-15)11-16(22)19-18(3,4)5/h8-10H,6-7,11-12H2,1-5H3,(H,19,22). The first-order valence-corrected chi connectivity index (χ1v) is 11.3. The van der Waals surface area contributed by atoms with E-state index in [0.717, 1.165) is 4.90 Å². The Morgan fingerprint density at radius 1 is 1.26 bits per heavy atom. The smallest absolute Gasteiger partial charge is 0.243 e. The van der Waals surface area contributed by atoms with E-state index < -0.39 is 15.6 Å². The minimum atomic E-state index is -3.65. The molecule has 0 aliphatic carbocycles. The molecule has 7 nitrogen and oxygen atoms in total. The average Bonchev–Trinajstić information content (AvgIpc) is 2.56. The molecule has 1 aromatic carbocycles. The Morgan fingerprint density at radius 3 is 2.44 bits per heavy atom. The maximum absolute atomic E-state index is 12.8. The molecule has 150 valence electrons. The van der Waals surface area contributed by atoms with Crippen LogP contribution in [0.2, 0.25) is 0 Å². The van der Waals surface area contributed by atoms with Crippen LogP contribution in [-0.2, 0) is 19.6 Å². The first-order chi connectivity index (χ1) is 12.5. The van der Waals surface area contributed by atoms with Gasteiger partial charge < -0.3 is 10.2 Å². The fourth-order valence-electron chi connectivity index (χ4n) is 2.83. The van der Waals surface area contributed by atoms with Gasteiger partial charge in [-0.1, -0.05) is 13.8 Å². The molecule has 2 rings (SSSR count). The van der Waals surface area contributed by atoms with E-state index in [4.69, 9.17) is 0 Å². The highest BCUT2D eigenvalue weighted by atomic mass is 32.2. The summed E-state index contributed by atoms with van der Waals surface area (Å²) in [5.74, 6) is -0.280. The first kappa shape index (κ1) is 21.7. The van der Waals surface area contributed by atoms with Crippen molar-refractivity contribution in [2.75, 3.05) is 30.3 Å². The van der Waals surface area contributed by atoms with Crippen molar-refractivity contribution in [2.24, 2.45) is 0 Å². The largest absolute Gasteiger partial charge is 0.350 e. The average molecular weight is 414 g/mol. The summed E-state index contributed by atoms with van der Waals surface area (Å²) >= 11 is 1.35. The molecule has 0 spiro atoms. The van der Waals surface area contributed by atoms with Gasteiger partial charge in [0, 0.05) is 23.5 Å². The Balaban J connectivity index is 2.40. The molecule has 1 aliphatic rings. The van der Waals surface area contributed by atoms with Crippen molar-refractivity contribution in [3.05, 3.63) is 18.2 Å². The van der Waals surface area contributed by atoms with Crippen LogP contribution in [-0.4, -0.2) is 55.5 Å². The van der Waals surface area contributed by atoms with Crippen molar-refractivity contribution in [3.8, 4) is 0 Å². The summed E-state index contributed by atoms with van der Waals surface area (Å²) in [5, 5.41) is 2.83. The van der Waals surface area contributed by atoms with Gasteiger partial charge in [-0.05, 0) is 39.0 Å². The number of rotatable bonds is 6. The molecule has 2 amide bonds. The van der Waals surface area contributed by atoms with Crippen molar-refractivity contribution < 1.29 is 18.0 Å². The summed E-state index contributed by atoms with van der Waals surface area (Å²) < 4.78 is 27.0. The third-order valence-corrected chi connectivity index (χ3v) is 7.13. The SMILES string of the molecule is CCN(CC)S(=O)(=O)c1ccc2c(c1)N(CC(=O)NC(C)(C)C)C(=O)CS2. The fraction of sp³-hybridized carbons (Fsp3) is 0.556. The number of hydrogen-bond acceptors (Lipinski definition) is 5. The van der Waals surface area contributed by atoms with Gasteiger partial charge in [-0.3, -0.25) is 9.59 Å². The van der Waals surface area contributed by atoms with Crippen LogP contribution in [0.25, 0.3) is 0 Å². The number of nitrogens with one attached hydrogen (secondary N) is 1. The summed E-state index contributed by atoms with van der Waals surface area (Å²) in [6, 6.07) is 4.76. The summed E-state index contributed by atoms with van der Waals surface area (Å²) in [6.07, 6.45) is 0. The second-order valence-electron chi connectivity index (χ2n) is 7.29. The summed E-state index contributed by atoms with van der Waals surface area (Å²) in [4.78, 5) is 27.0. The van der Waals surface area contributed by atoms with Gasteiger partial charge in [-0.15, -0.1) is 11.8 Å². The van der Waals surface area contributed by atoms with Crippen LogP contribution in [0, 0.1) is 0 Å². The number of sulfonamides is 1. The zero-order valence-corrected chi connectivity index (χ0v) is 18.0. The normalized spacial score (nSPS) is 15.0. The lowest BCUT2D eigenvalue weighted by molar-refractivity contribution is -0.124. The van der Waals surface area contributed by atoms with Crippen LogP contribution in [0.15, 0.2) is 28.0 Å². The van der Waals surface area contributed by atoms with Crippen molar-refractivity contribution in [3.63, 3.8) is 0 Å². The fourth-order valence-corrected chi connectivity index (χ4v) is 5.22. The second kappa shape index (κ2) is 8.20. The third kappa shape index (κ3) is 5.03. The monoisotopic (exact) mass is 413 g/mol. The van der Waals surface area contributed by atoms with Crippen LogP contribution in [0.4, 0.5) is 5.69 Å². The molecule has 9 heteroatoms. The van der Waals surface area contributed by atoms with E-state index in [1.54, 1.807) is 26.0 Å². The van der Waals surface area contributed by atoms with Gasteiger partial charge in [-0.2, -0.15) is 4.31 Å². The van der Waals surface area contributed by atoms with Gasteiger partial charge in [0.05, 0.1) is 16.3 Å². The molecule has 0 aromatic heterocycles. The number of thioether (sulfide) groups is 1. The van der Waals surface area contributed by atoms with Gasteiger partial charge in [0.25, 0.3) is 0 Å². The first-order valence-electron chi connectivity index (χ1n) is 8.88. The van der Waals surface area contributed by atoms with Crippen molar-refractivity contribution in [2.45, 2.75) is 49.9 Å². The third-order valence-electron chi connectivity index (χ3n) is 4.03. The number of nitrogens with zero attached hydrogens (tertiary/aromatic N) is 2. The van der Waals surface area contributed by atoms with Crippen molar-refractivity contribution in [1.29, 1.82) is 0 Å². The van der Waals surface area contributed by atoms with E-state index >= 15 is 0 Å². The van der Waals surface area contributed by atoms with E-state index in [2.05, 4.69) is 5.32 Å². The molecule has 0 fully saturated rings. The van der Waals surface area contributed by atoms with Crippen LogP contribution in [0.5, 0.6) is 0 Å². The highest BCUT2D eigenvalue weighted by Gasteiger charge is 2.30. The second-order valence-corrected chi connectivity index (χ2v) is 10.2. The van der Waals surface area contributed by atoms with Crippen molar-refractivity contribution in [1.82, 2.24) is 9.62 Å². The van der Waals surface area contributed by atoms with E-state index in [0.29, 0.717) is 18.8 Å². The van der Waals surface area contributed by atoms with Crippen LogP contribution >= 0.6 is 11.8 Å². The Hall–Kier alpha value is -1.58. The summed E-state index contributed by atoms with van der Waals surface area (Å²) in [5.41, 5.74) is 0.0510. The molecule has 0 bridgehead atoms. The van der Waals surface area contributed by atoms with Gasteiger partial charge >= 0.3 is 0 Å². The maximum atomic E-state index is 12.8. The van der Waals surface area contributed by atoms with E-state index in [9.17, 15) is 18.0 Å². The zero-order valence-electron chi connectivity index (χ0n) is 16.4. The minimum Gasteiger partial charge on any atom is -0.350 e. The summed E-state index contributed by atoms with van der Waals surface area (Å²) in [7, 11) is -3.65. The molecule has 0 unspecified atom stereocenters. The van der Waals surface area contributed by atoms with Crippen LogP contribution in [0.1, 0.15) is 34.6 Å². The molecule has 1 aromatic rings. The highest BCUT2D eigenvalue weighted by molar-refractivity contribution is 8.00. The minimum absolute atomic E-state index is 0.126. The number of hydrogen-bond donors (Lipinski definition) is 1. The molecule has 1 N–H and O–H groups in total. The predicted molar refractivity (Wildman–Crippen MR) is 108 cm³/mol. The molecule has 0 saturated heterocycles. The Labute approximate surface area is 165 Å². The zero-order chi connectivity index (χ0) is 20.4. The number of fused-ring (bicyclic) bond motifs is 1. The lowest BCUT2D eigenvalue weighted by Crippen LogP contribution is -2.48. The number of carbonyl (C=O) groups excluding carboxylic acids is 2. The summed E-state index contributed by atoms with van der Waals surface area (Å²) in [6.45, 7) is 9.73. The highest BCUT2D eigenvalue weighted by Crippen LogP contribution is 2.37. The quantitative estimate of drug-likeness (QED) is 0.771.